The molecule has 3 aromatic carbocycles. The largest absolute Gasteiger partial charge is 0.469 e. The third kappa shape index (κ3) is 6.34. The lowest BCUT2D eigenvalue weighted by Crippen LogP contribution is -2.52. The second-order valence-electron chi connectivity index (χ2n) is 10.1. The van der Waals surface area contributed by atoms with Crippen LogP contribution in [0.2, 0.25) is 0 Å². The molecule has 1 aliphatic rings. The molecule has 5 rings (SSSR count). The Balaban J connectivity index is 1.59. The Kier molecular flexibility index (Phi) is 9.11. The van der Waals surface area contributed by atoms with Crippen molar-refractivity contribution >= 4 is 28.9 Å². The van der Waals surface area contributed by atoms with E-state index in [2.05, 4.69) is 112 Å². The standard InChI is InChI=1S/C33H34N4O3S/c1-25(38)41-31-18-20-36(23-26(31)22-30-24-37(35-34-30)21-19-32(39)40-2)33(27-12-6-3-7-13-27,28-14-8-4-9-15-28)29-16-10-5-11-17-29/h3-17,22,24,31H,18-21,23H2,1-2H3/b26-22-. The number of thioether (sulfide) groups is 1. The molecular weight excluding hydrogens is 532 g/mol. The number of nitrogens with zero attached hydrogens (tertiary/aromatic N) is 4. The maximum atomic E-state index is 12.3. The van der Waals surface area contributed by atoms with Gasteiger partial charge in [0.1, 0.15) is 5.69 Å². The number of rotatable bonds is 9. The van der Waals surface area contributed by atoms with Gasteiger partial charge in [-0.2, -0.15) is 0 Å². The van der Waals surface area contributed by atoms with E-state index in [1.807, 2.05) is 6.20 Å². The summed E-state index contributed by atoms with van der Waals surface area (Å²) in [5.41, 5.74) is 4.82. The number of hydrogen-bond acceptors (Lipinski definition) is 7. The summed E-state index contributed by atoms with van der Waals surface area (Å²) in [6.07, 6.45) is 4.92. The van der Waals surface area contributed by atoms with Gasteiger partial charge in [-0.25, -0.2) is 0 Å². The molecule has 8 heteroatoms. The fourth-order valence-electron chi connectivity index (χ4n) is 5.69. The highest BCUT2D eigenvalue weighted by molar-refractivity contribution is 8.14. The van der Waals surface area contributed by atoms with Crippen LogP contribution in [0.15, 0.2) is 103 Å². The van der Waals surface area contributed by atoms with Crippen LogP contribution in [0.1, 0.15) is 42.1 Å². The summed E-state index contributed by atoms with van der Waals surface area (Å²) in [6.45, 7) is 3.45. The minimum absolute atomic E-state index is 0.0315. The van der Waals surface area contributed by atoms with Crippen LogP contribution < -0.4 is 0 Å². The highest BCUT2D eigenvalue weighted by Gasteiger charge is 2.44. The smallest absolute Gasteiger partial charge is 0.307 e. The fourth-order valence-corrected chi connectivity index (χ4v) is 6.61. The maximum Gasteiger partial charge on any atom is 0.307 e. The van der Waals surface area contributed by atoms with E-state index in [4.69, 9.17) is 4.74 Å². The number of benzene rings is 3. The van der Waals surface area contributed by atoms with Gasteiger partial charge in [-0.15, -0.1) is 5.10 Å². The van der Waals surface area contributed by atoms with E-state index in [1.54, 1.807) is 11.6 Å². The number of esters is 1. The Morgan fingerprint density at radius 1 is 0.951 bits per heavy atom. The summed E-state index contributed by atoms with van der Waals surface area (Å²) in [4.78, 5) is 26.4. The molecule has 1 aliphatic heterocycles. The molecule has 2 heterocycles. The molecule has 1 aromatic heterocycles. The second kappa shape index (κ2) is 13.1. The van der Waals surface area contributed by atoms with Crippen molar-refractivity contribution < 1.29 is 14.3 Å². The molecule has 1 fully saturated rings. The average molecular weight is 567 g/mol. The Morgan fingerprint density at radius 2 is 1.51 bits per heavy atom. The SMILES string of the molecule is COC(=O)CCn1cc(/C=C2/CN(C(c3ccccc3)(c3ccccc3)c3ccccc3)CCC2SC(C)=O)nn1. The Morgan fingerprint density at radius 3 is 2.02 bits per heavy atom. The highest BCUT2D eigenvalue weighted by atomic mass is 32.2. The first-order valence-electron chi connectivity index (χ1n) is 13.8. The molecule has 1 saturated heterocycles. The number of ether oxygens (including phenoxy) is 1. The molecule has 0 amide bonds. The normalized spacial score (nSPS) is 16.9. The molecule has 1 unspecified atom stereocenters. The lowest BCUT2D eigenvalue weighted by Gasteiger charge is -2.49. The van der Waals surface area contributed by atoms with Crippen LogP contribution in [0, 0.1) is 0 Å². The Hall–Kier alpha value is -4.01. The first-order chi connectivity index (χ1) is 20.0. The Labute approximate surface area is 245 Å². The summed E-state index contributed by atoms with van der Waals surface area (Å²) in [7, 11) is 1.38. The topological polar surface area (TPSA) is 77.3 Å². The van der Waals surface area contributed by atoms with Gasteiger partial charge >= 0.3 is 5.97 Å². The van der Waals surface area contributed by atoms with E-state index in [0.29, 0.717) is 18.8 Å². The van der Waals surface area contributed by atoms with Crippen LogP contribution >= 0.6 is 11.8 Å². The Bertz CT molecular complexity index is 1390. The molecule has 0 aliphatic carbocycles. The quantitative estimate of drug-likeness (QED) is 0.194. The van der Waals surface area contributed by atoms with Crippen molar-refractivity contribution in [1.82, 2.24) is 19.9 Å². The van der Waals surface area contributed by atoms with Crippen molar-refractivity contribution in [3.63, 3.8) is 0 Å². The number of methoxy groups -OCH3 is 1. The minimum atomic E-state index is -0.549. The highest BCUT2D eigenvalue weighted by Crippen LogP contribution is 2.45. The molecule has 0 N–H and O–H groups in total. The van der Waals surface area contributed by atoms with Crippen LogP contribution in [0.5, 0.6) is 0 Å². The molecule has 0 spiro atoms. The first-order valence-corrected chi connectivity index (χ1v) is 14.6. The van der Waals surface area contributed by atoms with Gasteiger partial charge < -0.3 is 4.74 Å². The van der Waals surface area contributed by atoms with E-state index in [0.717, 1.165) is 18.5 Å². The predicted molar refractivity (Wildman–Crippen MR) is 162 cm³/mol. The van der Waals surface area contributed by atoms with Crippen LogP contribution in [0.3, 0.4) is 0 Å². The van der Waals surface area contributed by atoms with Crippen molar-refractivity contribution in [3.05, 3.63) is 125 Å². The summed E-state index contributed by atoms with van der Waals surface area (Å²) < 4.78 is 6.40. The maximum absolute atomic E-state index is 12.3. The van der Waals surface area contributed by atoms with Crippen LogP contribution in [0.25, 0.3) is 6.08 Å². The number of carbonyl (C=O) groups is 2. The third-order valence-corrected chi connectivity index (χ3v) is 8.62. The van der Waals surface area contributed by atoms with Gasteiger partial charge in [0, 0.05) is 25.3 Å². The number of aromatic nitrogens is 3. The van der Waals surface area contributed by atoms with Gasteiger partial charge in [0.2, 0.25) is 0 Å². The minimum Gasteiger partial charge on any atom is -0.469 e. The number of piperidine rings is 1. The molecule has 4 aromatic rings. The van der Waals surface area contributed by atoms with Crippen molar-refractivity contribution in [3.8, 4) is 0 Å². The second-order valence-corrected chi connectivity index (χ2v) is 11.4. The van der Waals surface area contributed by atoms with Gasteiger partial charge in [-0.1, -0.05) is 108 Å². The zero-order valence-corrected chi connectivity index (χ0v) is 24.2. The van der Waals surface area contributed by atoms with Crippen LogP contribution in [-0.2, 0) is 26.4 Å². The van der Waals surface area contributed by atoms with Crippen molar-refractivity contribution in [2.24, 2.45) is 0 Å². The lowest BCUT2D eigenvalue weighted by atomic mass is 9.74. The molecular formula is C33H34N4O3S. The monoisotopic (exact) mass is 566 g/mol. The fraction of sp³-hybridized carbons (Fsp3) is 0.273. The molecule has 7 nitrogen and oxygen atoms in total. The lowest BCUT2D eigenvalue weighted by molar-refractivity contribution is -0.140. The van der Waals surface area contributed by atoms with Crippen molar-refractivity contribution in [2.45, 2.75) is 37.1 Å². The molecule has 210 valence electrons. The summed E-state index contributed by atoms with van der Waals surface area (Å²) >= 11 is 1.38. The predicted octanol–water partition coefficient (Wildman–Crippen LogP) is 5.57. The molecule has 0 radical (unpaired) electrons. The summed E-state index contributed by atoms with van der Waals surface area (Å²) in [5.74, 6) is -0.291. The van der Waals surface area contributed by atoms with E-state index in [1.165, 1.54) is 35.6 Å². The van der Waals surface area contributed by atoms with Crippen LogP contribution in [0.4, 0.5) is 0 Å². The first kappa shape index (κ1) is 28.5. The van der Waals surface area contributed by atoms with Crippen LogP contribution in [-0.4, -0.2) is 56.4 Å². The molecule has 0 saturated carbocycles. The van der Waals surface area contributed by atoms with E-state index in [-0.39, 0.29) is 22.8 Å². The summed E-state index contributed by atoms with van der Waals surface area (Å²) in [6, 6.07) is 31.9. The average Bonchev–Trinajstić information content (AvgIpc) is 3.46. The van der Waals surface area contributed by atoms with Gasteiger partial charge in [0.25, 0.3) is 0 Å². The number of carbonyl (C=O) groups excluding carboxylic acids is 2. The van der Waals surface area contributed by atoms with Crippen molar-refractivity contribution in [1.29, 1.82) is 0 Å². The number of likely N-dealkylation sites (tertiary alicyclic amines) is 1. The molecule has 41 heavy (non-hydrogen) atoms. The zero-order chi connectivity index (χ0) is 28.7. The summed E-state index contributed by atoms with van der Waals surface area (Å²) in [5, 5.41) is 8.70. The zero-order valence-electron chi connectivity index (χ0n) is 23.3. The number of hydrogen-bond donors (Lipinski definition) is 0. The van der Waals surface area contributed by atoms with Gasteiger partial charge in [-0.3, -0.25) is 19.2 Å². The molecule has 1 atom stereocenters. The van der Waals surface area contributed by atoms with Gasteiger partial charge in [0.05, 0.1) is 31.8 Å². The van der Waals surface area contributed by atoms with E-state index >= 15 is 0 Å². The van der Waals surface area contributed by atoms with Crippen molar-refractivity contribution in [2.75, 3.05) is 20.2 Å². The molecule has 0 bridgehead atoms. The number of aryl methyl sites for hydroxylation is 1. The van der Waals surface area contributed by atoms with E-state index in [9.17, 15) is 9.59 Å². The van der Waals surface area contributed by atoms with Gasteiger partial charge in [-0.05, 0) is 34.8 Å². The van der Waals surface area contributed by atoms with Gasteiger partial charge in [0.15, 0.2) is 5.12 Å². The van der Waals surface area contributed by atoms with E-state index < -0.39 is 5.54 Å². The third-order valence-electron chi connectivity index (χ3n) is 7.47.